The Labute approximate surface area is 143 Å². The van der Waals surface area contributed by atoms with Crippen LogP contribution in [0.1, 0.15) is 31.1 Å². The summed E-state index contributed by atoms with van der Waals surface area (Å²) in [6.45, 7) is 3.78. The van der Waals surface area contributed by atoms with E-state index in [1.165, 1.54) is 18.2 Å². The quantitative estimate of drug-likeness (QED) is 0.391. The molecule has 0 amide bonds. The number of fused-ring (bicyclic) bond motifs is 1. The van der Waals surface area contributed by atoms with E-state index in [0.29, 0.717) is 16.9 Å². The lowest BCUT2D eigenvalue weighted by Crippen LogP contribution is -2.04. The molecule has 0 aliphatic heterocycles. The van der Waals surface area contributed by atoms with Crippen LogP contribution in [0, 0.1) is 10.1 Å². The fourth-order valence-electron chi connectivity index (χ4n) is 2.74. The van der Waals surface area contributed by atoms with Gasteiger partial charge in [0.05, 0.1) is 4.92 Å². The minimum Gasteiger partial charge on any atom is -0.486 e. The van der Waals surface area contributed by atoms with Crippen LogP contribution < -0.4 is 10.4 Å². The molecule has 0 unspecified atom stereocenters. The lowest BCUT2D eigenvalue weighted by atomic mass is 10.1. The molecule has 128 valence electrons. The topological polar surface area (TPSA) is 82.6 Å². The second kappa shape index (κ2) is 6.76. The van der Waals surface area contributed by atoms with Crippen LogP contribution >= 0.6 is 0 Å². The molecule has 1 heterocycles. The van der Waals surface area contributed by atoms with Gasteiger partial charge >= 0.3 is 5.63 Å². The van der Waals surface area contributed by atoms with Gasteiger partial charge in [0.2, 0.25) is 0 Å². The Hall–Kier alpha value is -3.15. The normalized spacial score (nSPS) is 12.1. The van der Waals surface area contributed by atoms with Gasteiger partial charge in [-0.2, -0.15) is 0 Å². The van der Waals surface area contributed by atoms with Crippen LogP contribution in [-0.2, 0) is 6.42 Å². The molecule has 3 aromatic rings. The highest BCUT2D eigenvalue weighted by Crippen LogP contribution is 2.28. The molecule has 1 aromatic heterocycles. The zero-order valence-corrected chi connectivity index (χ0v) is 13.9. The van der Waals surface area contributed by atoms with E-state index in [0.717, 1.165) is 17.4 Å². The number of ether oxygens (including phenoxy) is 1. The Bertz CT molecular complexity index is 993. The summed E-state index contributed by atoms with van der Waals surface area (Å²) < 4.78 is 11.1. The first kappa shape index (κ1) is 16.7. The first-order valence-corrected chi connectivity index (χ1v) is 7.95. The van der Waals surface area contributed by atoms with Gasteiger partial charge in [0.15, 0.2) is 0 Å². The van der Waals surface area contributed by atoms with E-state index in [-0.39, 0.29) is 5.69 Å². The molecule has 0 fully saturated rings. The summed E-state index contributed by atoms with van der Waals surface area (Å²) in [6.07, 6.45) is 0.338. The second-order valence-corrected chi connectivity index (χ2v) is 5.71. The highest BCUT2D eigenvalue weighted by atomic mass is 16.6. The van der Waals surface area contributed by atoms with Gasteiger partial charge in [0.1, 0.15) is 17.4 Å². The molecule has 3 rings (SSSR count). The summed E-state index contributed by atoms with van der Waals surface area (Å²) >= 11 is 0. The minimum atomic E-state index is -0.437. The largest absolute Gasteiger partial charge is 0.486 e. The molecule has 0 bridgehead atoms. The molecule has 0 aliphatic rings. The van der Waals surface area contributed by atoms with Crippen molar-refractivity contribution in [2.24, 2.45) is 0 Å². The Morgan fingerprint density at radius 1 is 1.20 bits per heavy atom. The predicted molar refractivity (Wildman–Crippen MR) is 94.0 cm³/mol. The van der Waals surface area contributed by atoms with Gasteiger partial charge in [-0.1, -0.05) is 19.1 Å². The molecule has 0 saturated carbocycles. The molecule has 0 spiro atoms. The molecular weight excluding hydrogens is 322 g/mol. The van der Waals surface area contributed by atoms with Crippen LogP contribution in [0.5, 0.6) is 5.75 Å². The van der Waals surface area contributed by atoms with Crippen molar-refractivity contribution in [3.05, 3.63) is 80.2 Å². The molecule has 1 atom stereocenters. The van der Waals surface area contributed by atoms with E-state index in [4.69, 9.17) is 9.15 Å². The third kappa shape index (κ3) is 3.52. The average Bonchev–Trinajstić information content (AvgIpc) is 2.60. The van der Waals surface area contributed by atoms with Gasteiger partial charge in [0.25, 0.3) is 5.69 Å². The van der Waals surface area contributed by atoms with E-state index in [9.17, 15) is 14.9 Å². The first-order chi connectivity index (χ1) is 12.0. The average molecular weight is 339 g/mol. The minimum absolute atomic E-state index is 0.0186. The third-order valence-electron chi connectivity index (χ3n) is 4.05. The number of aryl methyl sites for hydroxylation is 1. The Morgan fingerprint density at radius 2 is 2.00 bits per heavy atom. The maximum absolute atomic E-state index is 11.6. The van der Waals surface area contributed by atoms with Crippen molar-refractivity contribution in [3.63, 3.8) is 0 Å². The van der Waals surface area contributed by atoms with Crippen LogP contribution in [0.3, 0.4) is 0 Å². The number of nitrogens with zero attached hydrogens (tertiary/aromatic N) is 1. The number of nitro benzene ring substituents is 1. The van der Waals surface area contributed by atoms with Crippen LogP contribution in [0.4, 0.5) is 5.69 Å². The van der Waals surface area contributed by atoms with Gasteiger partial charge in [-0.05, 0) is 36.6 Å². The van der Waals surface area contributed by atoms with Crippen molar-refractivity contribution in [2.75, 3.05) is 0 Å². The van der Waals surface area contributed by atoms with Crippen molar-refractivity contribution < 1.29 is 14.1 Å². The Morgan fingerprint density at radius 3 is 2.72 bits per heavy atom. The molecule has 0 radical (unpaired) electrons. The van der Waals surface area contributed by atoms with Crippen LogP contribution in [0.25, 0.3) is 11.0 Å². The highest BCUT2D eigenvalue weighted by Gasteiger charge is 2.13. The molecule has 0 saturated heterocycles. The SMILES string of the molecule is CCc1cc(=O)oc2cc(O[C@H](C)c3cccc([N+](=O)[O-])c3)ccc12. The number of hydrogen-bond donors (Lipinski definition) is 0. The summed E-state index contributed by atoms with van der Waals surface area (Å²) in [5, 5.41) is 11.8. The lowest BCUT2D eigenvalue weighted by Gasteiger charge is -2.15. The van der Waals surface area contributed by atoms with Gasteiger partial charge in [-0.3, -0.25) is 10.1 Å². The van der Waals surface area contributed by atoms with Gasteiger partial charge in [-0.25, -0.2) is 4.79 Å². The van der Waals surface area contributed by atoms with E-state index in [1.54, 1.807) is 24.3 Å². The van der Waals surface area contributed by atoms with Crippen molar-refractivity contribution in [1.29, 1.82) is 0 Å². The number of non-ortho nitro benzene ring substituents is 1. The fourth-order valence-corrected chi connectivity index (χ4v) is 2.74. The predicted octanol–water partition coefficient (Wildman–Crippen LogP) is 4.40. The zero-order chi connectivity index (χ0) is 18.0. The van der Waals surface area contributed by atoms with Crippen LogP contribution in [0.15, 0.2) is 57.7 Å². The van der Waals surface area contributed by atoms with Crippen LogP contribution in [-0.4, -0.2) is 4.92 Å². The molecule has 6 heteroatoms. The summed E-state index contributed by atoms with van der Waals surface area (Å²) in [5.41, 5.74) is 1.70. The monoisotopic (exact) mass is 339 g/mol. The zero-order valence-electron chi connectivity index (χ0n) is 13.9. The molecule has 6 nitrogen and oxygen atoms in total. The third-order valence-corrected chi connectivity index (χ3v) is 4.05. The summed E-state index contributed by atoms with van der Waals surface area (Å²) in [5.74, 6) is 0.530. The van der Waals surface area contributed by atoms with E-state index < -0.39 is 16.7 Å². The first-order valence-electron chi connectivity index (χ1n) is 7.95. The van der Waals surface area contributed by atoms with Crippen molar-refractivity contribution in [1.82, 2.24) is 0 Å². The number of rotatable bonds is 5. The van der Waals surface area contributed by atoms with Gasteiger partial charge in [-0.15, -0.1) is 0 Å². The maximum Gasteiger partial charge on any atom is 0.336 e. The highest BCUT2D eigenvalue weighted by molar-refractivity contribution is 5.81. The number of nitro groups is 1. The fraction of sp³-hybridized carbons (Fsp3) is 0.211. The van der Waals surface area contributed by atoms with E-state index >= 15 is 0 Å². The molecule has 0 N–H and O–H groups in total. The van der Waals surface area contributed by atoms with Gasteiger partial charge in [0, 0.05) is 29.7 Å². The Kier molecular flexibility index (Phi) is 4.52. The van der Waals surface area contributed by atoms with E-state index in [2.05, 4.69) is 0 Å². The maximum atomic E-state index is 11.6. The summed E-state index contributed by atoms with van der Waals surface area (Å²) in [6, 6.07) is 13.1. The summed E-state index contributed by atoms with van der Waals surface area (Å²) in [7, 11) is 0. The molecule has 25 heavy (non-hydrogen) atoms. The molecule has 2 aromatic carbocycles. The number of benzene rings is 2. The van der Waals surface area contributed by atoms with Gasteiger partial charge < -0.3 is 9.15 Å². The van der Waals surface area contributed by atoms with Crippen molar-refractivity contribution in [3.8, 4) is 5.75 Å². The molecule has 0 aliphatic carbocycles. The van der Waals surface area contributed by atoms with Crippen molar-refractivity contribution in [2.45, 2.75) is 26.4 Å². The lowest BCUT2D eigenvalue weighted by molar-refractivity contribution is -0.385. The van der Waals surface area contributed by atoms with E-state index in [1.807, 2.05) is 19.9 Å². The second-order valence-electron chi connectivity index (χ2n) is 5.71. The van der Waals surface area contributed by atoms with Crippen LogP contribution in [0.2, 0.25) is 0 Å². The molecular formula is C19H17NO5. The number of hydrogen-bond acceptors (Lipinski definition) is 5. The smallest absolute Gasteiger partial charge is 0.336 e. The standard InChI is InChI=1S/C19H17NO5/c1-3-13-10-19(21)25-18-11-16(7-8-17(13)18)24-12(2)14-5-4-6-15(9-14)20(22)23/h4-12H,3H2,1-2H3/t12-/m1/s1. The van der Waals surface area contributed by atoms with Crippen molar-refractivity contribution >= 4 is 16.7 Å². The Balaban J connectivity index is 1.91. The summed E-state index contributed by atoms with van der Waals surface area (Å²) in [4.78, 5) is 22.1.